The molecule has 0 aromatic heterocycles. The largest absolute Gasteiger partial charge is 0.378 e. The van der Waals surface area contributed by atoms with E-state index in [1.54, 1.807) is 0 Å². The van der Waals surface area contributed by atoms with Gasteiger partial charge in [0.2, 0.25) is 0 Å². The molecular weight excluding hydrogens is 266 g/mol. The smallest absolute Gasteiger partial charge is 0.166 e. The molecule has 2 saturated heterocycles. The van der Waals surface area contributed by atoms with Crippen LogP contribution in [-0.2, 0) is 9.47 Å². The van der Waals surface area contributed by atoms with E-state index in [1.807, 2.05) is 43.3 Å². The van der Waals surface area contributed by atoms with Crippen molar-refractivity contribution in [3.8, 4) is 0 Å². The van der Waals surface area contributed by atoms with Gasteiger partial charge in [-0.15, -0.1) is 0 Å². The van der Waals surface area contributed by atoms with Crippen LogP contribution in [-0.4, -0.2) is 45.3 Å². The molecule has 114 valence electrons. The molecule has 4 nitrogen and oxygen atoms in total. The van der Waals surface area contributed by atoms with E-state index in [4.69, 9.17) is 9.47 Å². The number of rotatable bonds is 3. The Morgan fingerprint density at radius 3 is 2.62 bits per heavy atom. The minimum absolute atomic E-state index is 0.0608. The summed E-state index contributed by atoms with van der Waals surface area (Å²) < 4.78 is 11.4. The number of nitrogens with zero attached hydrogens (tertiary/aromatic N) is 1. The first-order chi connectivity index (χ1) is 10.1. The van der Waals surface area contributed by atoms with Crippen LogP contribution in [0.5, 0.6) is 0 Å². The summed E-state index contributed by atoms with van der Waals surface area (Å²) in [4.78, 5) is 14.7. The van der Waals surface area contributed by atoms with E-state index in [0.29, 0.717) is 13.2 Å². The molecule has 1 aromatic rings. The summed E-state index contributed by atoms with van der Waals surface area (Å²) >= 11 is 0. The Hall–Kier alpha value is -1.39. The average Bonchev–Trinajstić information content (AvgIpc) is 2.94. The molecule has 0 aliphatic carbocycles. The third-order valence-electron chi connectivity index (χ3n) is 4.60. The molecule has 1 aromatic carbocycles. The van der Waals surface area contributed by atoms with E-state index < -0.39 is 0 Å². The predicted octanol–water partition coefficient (Wildman–Crippen LogP) is 2.52. The maximum absolute atomic E-state index is 12.7. The highest BCUT2D eigenvalue weighted by Gasteiger charge is 2.42. The normalized spacial score (nSPS) is 28.8. The van der Waals surface area contributed by atoms with E-state index in [9.17, 15) is 4.79 Å². The lowest BCUT2D eigenvalue weighted by Crippen LogP contribution is -2.42. The summed E-state index contributed by atoms with van der Waals surface area (Å²) in [6.45, 7) is 2.05. The fraction of sp³-hybridized carbons (Fsp3) is 0.588. The van der Waals surface area contributed by atoms with Crippen LogP contribution in [0.15, 0.2) is 24.3 Å². The predicted molar refractivity (Wildman–Crippen MR) is 81.9 cm³/mol. The number of anilines is 1. The maximum atomic E-state index is 12.7. The highest BCUT2D eigenvalue weighted by molar-refractivity contribution is 5.98. The molecule has 2 aliphatic heterocycles. The highest BCUT2D eigenvalue weighted by atomic mass is 16.6. The molecule has 2 fully saturated rings. The number of hydrogen-bond acceptors (Lipinski definition) is 4. The van der Waals surface area contributed by atoms with Crippen molar-refractivity contribution in [1.29, 1.82) is 0 Å². The van der Waals surface area contributed by atoms with Gasteiger partial charge in [0.1, 0.15) is 0 Å². The van der Waals surface area contributed by atoms with Gasteiger partial charge in [-0.2, -0.15) is 0 Å². The molecule has 4 heteroatoms. The van der Waals surface area contributed by atoms with Gasteiger partial charge in [0.25, 0.3) is 0 Å². The molecule has 0 radical (unpaired) electrons. The zero-order chi connectivity index (χ0) is 14.9. The topological polar surface area (TPSA) is 38.8 Å². The van der Waals surface area contributed by atoms with Crippen LogP contribution >= 0.6 is 0 Å². The Kier molecular flexibility index (Phi) is 4.00. The first-order valence-electron chi connectivity index (χ1n) is 7.63. The second kappa shape index (κ2) is 5.78. The molecule has 3 rings (SSSR count). The van der Waals surface area contributed by atoms with Crippen LogP contribution < -0.4 is 4.90 Å². The Morgan fingerprint density at radius 2 is 2.00 bits per heavy atom. The van der Waals surface area contributed by atoms with E-state index in [-0.39, 0.29) is 17.3 Å². The van der Waals surface area contributed by atoms with Crippen molar-refractivity contribution in [3.05, 3.63) is 29.8 Å². The zero-order valence-electron chi connectivity index (χ0n) is 12.8. The molecule has 1 spiro atoms. The number of Topliss-reactive ketones (excluding diaryl/α,β-unsaturated/α-hetero) is 1. The standard InChI is InChI=1S/C17H23NO3/c1-18(2)15-5-3-13(4-6-15)16(19)14-7-9-21-17(11-14)8-10-20-12-17/h3-6,14H,7-12H2,1-2H3. The van der Waals surface area contributed by atoms with Gasteiger partial charge in [0, 0.05) is 50.9 Å². The molecule has 0 bridgehead atoms. The summed E-state index contributed by atoms with van der Waals surface area (Å²) in [5.41, 5.74) is 1.71. The molecule has 0 N–H and O–H groups in total. The minimum atomic E-state index is -0.206. The number of ether oxygens (including phenoxy) is 2. The third kappa shape index (κ3) is 2.97. The first-order valence-corrected chi connectivity index (χ1v) is 7.63. The first kappa shape index (κ1) is 14.5. The molecule has 0 saturated carbocycles. The summed E-state index contributed by atoms with van der Waals surface area (Å²) in [5.74, 6) is 0.306. The molecule has 21 heavy (non-hydrogen) atoms. The van der Waals surface area contributed by atoms with Crippen molar-refractivity contribution in [3.63, 3.8) is 0 Å². The van der Waals surface area contributed by atoms with Gasteiger partial charge >= 0.3 is 0 Å². The lowest BCUT2D eigenvalue weighted by Gasteiger charge is -2.36. The van der Waals surface area contributed by atoms with Gasteiger partial charge < -0.3 is 14.4 Å². The number of carbonyl (C=O) groups excluding carboxylic acids is 1. The molecule has 0 amide bonds. The summed E-state index contributed by atoms with van der Waals surface area (Å²) in [6.07, 6.45) is 2.52. The van der Waals surface area contributed by atoms with Crippen LogP contribution in [0, 0.1) is 5.92 Å². The Balaban J connectivity index is 1.72. The number of hydrogen-bond donors (Lipinski definition) is 0. The second-order valence-electron chi connectivity index (χ2n) is 6.33. The van der Waals surface area contributed by atoms with E-state index in [0.717, 1.165) is 37.1 Å². The van der Waals surface area contributed by atoms with E-state index in [1.165, 1.54) is 0 Å². The van der Waals surface area contributed by atoms with Crippen LogP contribution in [0.25, 0.3) is 0 Å². The molecule has 2 aliphatic rings. The van der Waals surface area contributed by atoms with Gasteiger partial charge in [0.05, 0.1) is 12.2 Å². The molecule has 2 atom stereocenters. The summed E-state index contributed by atoms with van der Waals surface area (Å²) in [5, 5.41) is 0. The van der Waals surface area contributed by atoms with Crippen molar-refractivity contribution in [1.82, 2.24) is 0 Å². The fourth-order valence-corrected chi connectivity index (χ4v) is 3.27. The second-order valence-corrected chi connectivity index (χ2v) is 6.33. The average molecular weight is 289 g/mol. The van der Waals surface area contributed by atoms with E-state index in [2.05, 4.69) is 0 Å². The zero-order valence-corrected chi connectivity index (χ0v) is 12.8. The number of ketones is 1. The third-order valence-corrected chi connectivity index (χ3v) is 4.60. The number of carbonyl (C=O) groups is 1. The lowest BCUT2D eigenvalue weighted by molar-refractivity contribution is -0.0920. The van der Waals surface area contributed by atoms with Gasteiger partial charge in [-0.1, -0.05) is 0 Å². The van der Waals surface area contributed by atoms with Crippen molar-refractivity contribution in [2.75, 3.05) is 38.8 Å². The maximum Gasteiger partial charge on any atom is 0.166 e. The minimum Gasteiger partial charge on any atom is -0.378 e. The number of benzene rings is 1. The fourth-order valence-electron chi connectivity index (χ4n) is 3.27. The molecule has 2 unspecified atom stereocenters. The van der Waals surface area contributed by atoms with Crippen LogP contribution in [0.2, 0.25) is 0 Å². The Morgan fingerprint density at radius 1 is 1.24 bits per heavy atom. The molecule has 2 heterocycles. The Bertz CT molecular complexity index is 503. The van der Waals surface area contributed by atoms with Gasteiger partial charge in [-0.25, -0.2) is 0 Å². The van der Waals surface area contributed by atoms with Gasteiger partial charge in [0.15, 0.2) is 5.78 Å². The quantitative estimate of drug-likeness (QED) is 0.802. The molecular formula is C17H23NO3. The van der Waals surface area contributed by atoms with Gasteiger partial charge in [-0.05, 0) is 37.1 Å². The van der Waals surface area contributed by atoms with Gasteiger partial charge in [-0.3, -0.25) is 4.79 Å². The lowest BCUT2D eigenvalue weighted by atomic mass is 9.81. The van der Waals surface area contributed by atoms with Crippen molar-refractivity contribution < 1.29 is 14.3 Å². The monoisotopic (exact) mass is 289 g/mol. The summed E-state index contributed by atoms with van der Waals surface area (Å²) in [6, 6.07) is 7.87. The summed E-state index contributed by atoms with van der Waals surface area (Å²) in [7, 11) is 4.00. The van der Waals surface area contributed by atoms with Crippen LogP contribution in [0.3, 0.4) is 0 Å². The van der Waals surface area contributed by atoms with E-state index >= 15 is 0 Å². The van der Waals surface area contributed by atoms with Crippen LogP contribution in [0.1, 0.15) is 29.6 Å². The highest BCUT2D eigenvalue weighted by Crippen LogP contribution is 2.37. The Labute approximate surface area is 126 Å². The SMILES string of the molecule is CN(C)c1ccc(C(=O)C2CCOC3(CCOC3)C2)cc1. The van der Waals surface area contributed by atoms with Crippen molar-refractivity contribution in [2.24, 2.45) is 5.92 Å². The van der Waals surface area contributed by atoms with Crippen LogP contribution in [0.4, 0.5) is 5.69 Å². The van der Waals surface area contributed by atoms with Crippen molar-refractivity contribution >= 4 is 11.5 Å². The van der Waals surface area contributed by atoms with Crippen molar-refractivity contribution in [2.45, 2.75) is 24.9 Å².